The SMILES string of the molecule is CC/C=C\C/C=C\C/C=C\C/C=C\C/C=C\CCCCCCCCCC(=O)OC(COC(=O)CCCCCCC/C=C\CCCCC)COC(OCC[N+](C)(C)C)C(=O)O. The molecule has 2 unspecified atom stereocenters. The fraction of sp³-hybridized carbons (Fsp3) is 0.706. The molecule has 0 heterocycles. The third-order valence-corrected chi connectivity index (χ3v) is 9.70. The lowest BCUT2D eigenvalue weighted by Gasteiger charge is -2.25. The standard InChI is InChI=1S/C51H87NO8/c1-6-8-10-12-14-16-18-20-21-22-23-24-25-26-27-28-29-30-32-34-36-38-40-42-49(54)60-47(46-59-51(50(55)56)57-44-43-52(3,4)5)45-58-48(53)41-39-37-35-33-31-19-17-15-13-11-9-7-2/h8,10,14-17,20-21,23-24,26-27,47,51H,6-7,9,11-13,18-19,22,25,28-46H2,1-5H3/p+1/b10-8-,16-14-,17-15-,21-20-,24-23-,27-26-. The van der Waals surface area contributed by atoms with Gasteiger partial charge in [0.2, 0.25) is 0 Å². The van der Waals surface area contributed by atoms with E-state index in [9.17, 15) is 19.5 Å². The maximum Gasteiger partial charge on any atom is 0.361 e. The third-order valence-electron chi connectivity index (χ3n) is 9.70. The van der Waals surface area contributed by atoms with Gasteiger partial charge in [-0.15, -0.1) is 0 Å². The van der Waals surface area contributed by atoms with Gasteiger partial charge in [0.1, 0.15) is 13.2 Å². The van der Waals surface area contributed by atoms with Crippen molar-refractivity contribution in [3.63, 3.8) is 0 Å². The summed E-state index contributed by atoms with van der Waals surface area (Å²) >= 11 is 0. The van der Waals surface area contributed by atoms with Gasteiger partial charge < -0.3 is 28.5 Å². The van der Waals surface area contributed by atoms with E-state index in [1.54, 1.807) is 0 Å². The van der Waals surface area contributed by atoms with Gasteiger partial charge >= 0.3 is 17.9 Å². The van der Waals surface area contributed by atoms with Crippen LogP contribution in [0.5, 0.6) is 0 Å². The summed E-state index contributed by atoms with van der Waals surface area (Å²) in [4.78, 5) is 37.1. The van der Waals surface area contributed by atoms with Gasteiger partial charge in [0.05, 0.1) is 34.4 Å². The Bertz CT molecular complexity index is 1210. The minimum atomic E-state index is -1.52. The highest BCUT2D eigenvalue weighted by atomic mass is 16.7. The van der Waals surface area contributed by atoms with Crippen LogP contribution in [-0.4, -0.2) is 87.4 Å². The number of hydrogen-bond donors (Lipinski definition) is 1. The first-order valence-electron chi connectivity index (χ1n) is 23.6. The molecule has 344 valence electrons. The molecule has 0 amide bonds. The highest BCUT2D eigenvalue weighted by molar-refractivity contribution is 5.71. The zero-order chi connectivity index (χ0) is 44.2. The van der Waals surface area contributed by atoms with E-state index in [2.05, 4.69) is 86.8 Å². The van der Waals surface area contributed by atoms with Gasteiger partial charge in [-0.3, -0.25) is 9.59 Å². The fourth-order valence-electron chi connectivity index (χ4n) is 6.03. The first-order valence-corrected chi connectivity index (χ1v) is 23.6. The number of nitrogens with zero attached hydrogens (tertiary/aromatic N) is 1. The molecular formula is C51H88NO8+. The molecule has 9 nitrogen and oxygen atoms in total. The van der Waals surface area contributed by atoms with E-state index in [1.165, 1.54) is 44.9 Å². The molecule has 0 aromatic carbocycles. The Morgan fingerprint density at radius 2 is 0.950 bits per heavy atom. The number of carbonyl (C=O) groups is 3. The Hall–Kier alpha value is -3.27. The van der Waals surface area contributed by atoms with Gasteiger partial charge in [-0.1, -0.05) is 151 Å². The molecule has 0 saturated heterocycles. The lowest BCUT2D eigenvalue weighted by atomic mass is 10.1. The molecule has 0 aliphatic carbocycles. The molecule has 0 spiro atoms. The molecule has 60 heavy (non-hydrogen) atoms. The average Bonchev–Trinajstić information content (AvgIpc) is 3.21. The van der Waals surface area contributed by atoms with Crippen LogP contribution in [0, 0.1) is 0 Å². The summed E-state index contributed by atoms with van der Waals surface area (Å²) in [5.74, 6) is -2.04. The van der Waals surface area contributed by atoms with Gasteiger partial charge in [-0.2, -0.15) is 0 Å². The largest absolute Gasteiger partial charge is 0.477 e. The molecule has 0 rings (SSSR count). The summed E-state index contributed by atoms with van der Waals surface area (Å²) < 4.78 is 22.7. The number of esters is 2. The smallest absolute Gasteiger partial charge is 0.361 e. The maximum absolute atomic E-state index is 12.8. The summed E-state index contributed by atoms with van der Waals surface area (Å²) in [5, 5.41) is 9.64. The Balaban J connectivity index is 4.40. The number of likely N-dealkylation sites (N-methyl/N-ethyl adjacent to an activating group) is 1. The molecule has 0 radical (unpaired) electrons. The van der Waals surface area contributed by atoms with E-state index in [1.807, 2.05) is 21.1 Å². The normalized spacial score (nSPS) is 13.6. The van der Waals surface area contributed by atoms with Crippen molar-refractivity contribution in [2.24, 2.45) is 0 Å². The van der Waals surface area contributed by atoms with Crippen molar-refractivity contribution in [3.05, 3.63) is 72.9 Å². The summed E-state index contributed by atoms with van der Waals surface area (Å²) in [6, 6.07) is 0. The Labute approximate surface area is 367 Å². The van der Waals surface area contributed by atoms with Gasteiger partial charge in [0.15, 0.2) is 6.10 Å². The quantitative estimate of drug-likeness (QED) is 0.0213. The highest BCUT2D eigenvalue weighted by Crippen LogP contribution is 2.13. The lowest BCUT2D eigenvalue weighted by Crippen LogP contribution is -2.40. The van der Waals surface area contributed by atoms with E-state index in [4.69, 9.17) is 18.9 Å². The topological polar surface area (TPSA) is 108 Å². The Morgan fingerprint density at radius 3 is 1.43 bits per heavy atom. The van der Waals surface area contributed by atoms with Crippen molar-refractivity contribution in [2.75, 3.05) is 47.5 Å². The number of unbranched alkanes of at least 4 members (excludes halogenated alkanes) is 15. The van der Waals surface area contributed by atoms with Crippen LogP contribution in [0.25, 0.3) is 0 Å². The van der Waals surface area contributed by atoms with Gasteiger partial charge in [-0.05, 0) is 83.5 Å². The zero-order valence-electron chi connectivity index (χ0n) is 38.8. The molecule has 2 atom stereocenters. The molecule has 9 heteroatoms. The molecule has 0 aromatic rings. The van der Waals surface area contributed by atoms with Crippen LogP contribution in [0.4, 0.5) is 0 Å². The molecular weight excluding hydrogens is 755 g/mol. The third kappa shape index (κ3) is 42.8. The van der Waals surface area contributed by atoms with Crippen LogP contribution in [-0.2, 0) is 33.3 Å². The number of quaternary nitrogens is 1. The number of carboxylic acids is 1. The summed E-state index contributed by atoms with van der Waals surface area (Å²) in [7, 11) is 5.94. The van der Waals surface area contributed by atoms with Crippen LogP contribution in [0.3, 0.4) is 0 Å². The van der Waals surface area contributed by atoms with E-state index in [0.29, 0.717) is 17.4 Å². The van der Waals surface area contributed by atoms with Gasteiger partial charge in [0.25, 0.3) is 6.29 Å². The molecule has 0 aliphatic rings. The van der Waals surface area contributed by atoms with Crippen molar-refractivity contribution in [1.82, 2.24) is 0 Å². The Morgan fingerprint density at radius 1 is 0.517 bits per heavy atom. The van der Waals surface area contributed by atoms with Crippen LogP contribution in [0.2, 0.25) is 0 Å². The predicted molar refractivity (Wildman–Crippen MR) is 249 cm³/mol. The molecule has 0 aromatic heterocycles. The fourth-order valence-corrected chi connectivity index (χ4v) is 6.03. The molecule has 0 saturated carbocycles. The van der Waals surface area contributed by atoms with Crippen molar-refractivity contribution in [3.8, 4) is 0 Å². The van der Waals surface area contributed by atoms with Gasteiger partial charge in [-0.25, -0.2) is 4.79 Å². The first kappa shape index (κ1) is 56.7. The van der Waals surface area contributed by atoms with Crippen molar-refractivity contribution >= 4 is 17.9 Å². The molecule has 1 N–H and O–H groups in total. The van der Waals surface area contributed by atoms with E-state index >= 15 is 0 Å². The number of hydrogen-bond acceptors (Lipinski definition) is 7. The van der Waals surface area contributed by atoms with E-state index < -0.39 is 24.3 Å². The highest BCUT2D eigenvalue weighted by Gasteiger charge is 2.25. The lowest BCUT2D eigenvalue weighted by molar-refractivity contribution is -0.870. The Kier molecular flexibility index (Phi) is 40.1. The predicted octanol–water partition coefficient (Wildman–Crippen LogP) is 12.7. The van der Waals surface area contributed by atoms with Crippen molar-refractivity contribution in [2.45, 2.75) is 187 Å². The van der Waals surface area contributed by atoms with Crippen molar-refractivity contribution in [1.29, 1.82) is 0 Å². The molecule has 0 aliphatic heterocycles. The van der Waals surface area contributed by atoms with Crippen LogP contribution in [0.15, 0.2) is 72.9 Å². The summed E-state index contributed by atoms with van der Waals surface area (Å²) in [6.45, 7) is 4.69. The monoisotopic (exact) mass is 843 g/mol. The second-order valence-corrected chi connectivity index (χ2v) is 16.7. The average molecular weight is 843 g/mol. The second kappa shape index (κ2) is 42.4. The van der Waals surface area contributed by atoms with Crippen LogP contribution in [0.1, 0.15) is 174 Å². The molecule has 0 fully saturated rings. The summed E-state index contributed by atoms with van der Waals surface area (Å²) in [6.07, 6.45) is 49.6. The minimum absolute atomic E-state index is 0.181. The number of ether oxygens (including phenoxy) is 4. The minimum Gasteiger partial charge on any atom is -0.477 e. The van der Waals surface area contributed by atoms with Crippen molar-refractivity contribution < 1.29 is 42.9 Å². The van der Waals surface area contributed by atoms with Gasteiger partial charge in [0, 0.05) is 12.8 Å². The van der Waals surface area contributed by atoms with Crippen LogP contribution < -0.4 is 0 Å². The number of rotatable bonds is 42. The van der Waals surface area contributed by atoms with Crippen LogP contribution >= 0.6 is 0 Å². The number of allylic oxidation sites excluding steroid dienone is 12. The summed E-state index contributed by atoms with van der Waals surface area (Å²) in [5.41, 5.74) is 0. The second-order valence-electron chi connectivity index (χ2n) is 16.7. The van der Waals surface area contributed by atoms with E-state index in [0.717, 1.165) is 96.3 Å². The number of aliphatic carboxylic acids is 1. The first-order chi connectivity index (χ1) is 29.1. The zero-order valence-corrected chi connectivity index (χ0v) is 38.8. The maximum atomic E-state index is 12.8. The number of carboxylic acid groups (broad SMARTS) is 1. The van der Waals surface area contributed by atoms with E-state index in [-0.39, 0.29) is 38.6 Å². The number of carbonyl (C=O) groups excluding carboxylic acids is 2. The molecule has 0 bridgehead atoms.